The molecule has 0 unspecified atom stereocenters. The van der Waals surface area contributed by atoms with Gasteiger partial charge in [0.1, 0.15) is 6.54 Å². The zero-order valence-corrected chi connectivity index (χ0v) is 19.9. The van der Waals surface area contributed by atoms with E-state index in [2.05, 4.69) is 21.2 Å². The van der Waals surface area contributed by atoms with Crippen LogP contribution in [0.15, 0.2) is 51.8 Å². The second kappa shape index (κ2) is 10.2. The van der Waals surface area contributed by atoms with Gasteiger partial charge >= 0.3 is 0 Å². The number of nitrogens with one attached hydrogen (secondary N) is 1. The molecule has 9 heteroatoms. The zero-order chi connectivity index (χ0) is 22.5. The van der Waals surface area contributed by atoms with Crippen molar-refractivity contribution in [2.75, 3.05) is 32.5 Å². The van der Waals surface area contributed by atoms with Gasteiger partial charge in [0.15, 0.2) is 0 Å². The fourth-order valence-electron chi connectivity index (χ4n) is 2.81. The molecule has 2 aromatic rings. The minimum Gasteiger partial charge on any atom is -0.329 e. The lowest BCUT2D eigenvalue weighted by Crippen LogP contribution is -2.38. The van der Waals surface area contributed by atoms with Gasteiger partial charge in [0.25, 0.3) is 5.91 Å². The molecule has 0 fully saturated rings. The van der Waals surface area contributed by atoms with E-state index in [0.717, 1.165) is 9.87 Å². The van der Waals surface area contributed by atoms with Gasteiger partial charge in [0.05, 0.1) is 4.90 Å². The predicted octanol–water partition coefficient (Wildman–Crippen LogP) is 3.50. The van der Waals surface area contributed by atoms with E-state index in [0.29, 0.717) is 23.1 Å². The first-order chi connectivity index (χ1) is 14.1. The first kappa shape index (κ1) is 24.0. The molecule has 0 aliphatic carbocycles. The summed E-state index contributed by atoms with van der Waals surface area (Å²) in [4.78, 5) is 27.0. The van der Waals surface area contributed by atoms with Crippen LogP contribution in [-0.2, 0) is 14.8 Å². The van der Waals surface area contributed by atoms with Crippen molar-refractivity contribution in [1.29, 1.82) is 0 Å². The third-order valence-corrected chi connectivity index (χ3v) is 7.28. The number of sulfonamides is 1. The number of nitrogens with zero attached hydrogens (tertiary/aromatic N) is 2. The molecule has 0 atom stereocenters. The van der Waals surface area contributed by atoms with E-state index < -0.39 is 15.9 Å². The van der Waals surface area contributed by atoms with Crippen LogP contribution in [0.3, 0.4) is 0 Å². The minimum atomic E-state index is -3.73. The Labute approximate surface area is 186 Å². The number of carbonyl (C=O) groups is 2. The topological polar surface area (TPSA) is 86.8 Å². The molecular weight excluding hydrogens is 470 g/mol. The summed E-state index contributed by atoms with van der Waals surface area (Å²) >= 11 is 3.24. The molecule has 0 spiro atoms. The van der Waals surface area contributed by atoms with Gasteiger partial charge in [0.2, 0.25) is 15.9 Å². The lowest BCUT2D eigenvalue weighted by molar-refractivity contribution is -0.116. The molecule has 30 heavy (non-hydrogen) atoms. The average Bonchev–Trinajstić information content (AvgIpc) is 2.69. The molecular formula is C21H26BrN3O4S. The summed E-state index contributed by atoms with van der Waals surface area (Å²) in [7, 11) is -0.881. The van der Waals surface area contributed by atoms with Gasteiger partial charge in [-0.25, -0.2) is 12.7 Å². The van der Waals surface area contributed by atoms with Crippen LogP contribution < -0.4 is 5.32 Å². The maximum absolute atomic E-state index is 13.1. The van der Waals surface area contributed by atoms with E-state index >= 15 is 0 Å². The van der Waals surface area contributed by atoms with Crippen LogP contribution in [0, 0.1) is 6.92 Å². The Kier molecular flexibility index (Phi) is 8.17. The quantitative estimate of drug-likeness (QED) is 0.606. The van der Waals surface area contributed by atoms with E-state index in [-0.39, 0.29) is 22.9 Å². The number of carbonyl (C=O) groups excluding carboxylic acids is 2. The van der Waals surface area contributed by atoms with Crippen LogP contribution in [0.1, 0.15) is 29.3 Å². The molecule has 0 bridgehead atoms. The standard InChI is InChI=1S/C21H26BrN3O4S/c1-5-12-25(14-20(26)23-18-9-7-6-8-15(18)2)21(27)16-10-11-17(22)19(13-16)30(28,29)24(3)4/h6-11,13H,5,12,14H2,1-4H3,(H,23,26). The fourth-order valence-corrected chi connectivity index (χ4v) is 4.66. The maximum atomic E-state index is 13.1. The van der Waals surface area contributed by atoms with E-state index in [9.17, 15) is 18.0 Å². The maximum Gasteiger partial charge on any atom is 0.254 e. The summed E-state index contributed by atoms with van der Waals surface area (Å²) in [5, 5.41) is 2.82. The molecule has 1 N–H and O–H groups in total. The normalized spacial score (nSPS) is 11.4. The number of aryl methyl sites for hydroxylation is 1. The average molecular weight is 496 g/mol. The number of hydrogen-bond acceptors (Lipinski definition) is 4. The number of para-hydroxylation sites is 1. The predicted molar refractivity (Wildman–Crippen MR) is 121 cm³/mol. The Morgan fingerprint density at radius 1 is 1.10 bits per heavy atom. The molecule has 2 rings (SSSR count). The smallest absolute Gasteiger partial charge is 0.254 e. The Balaban J connectivity index is 2.27. The SMILES string of the molecule is CCCN(CC(=O)Nc1ccccc1C)C(=O)c1ccc(Br)c(S(=O)(=O)N(C)C)c1. The monoisotopic (exact) mass is 495 g/mol. The van der Waals surface area contributed by atoms with Gasteiger partial charge in [-0.05, 0) is 59.1 Å². The number of hydrogen-bond donors (Lipinski definition) is 1. The number of rotatable bonds is 8. The second-order valence-electron chi connectivity index (χ2n) is 7.02. The minimum absolute atomic E-state index is 0.000777. The van der Waals surface area contributed by atoms with Crippen molar-refractivity contribution < 1.29 is 18.0 Å². The molecule has 0 saturated carbocycles. The molecule has 2 aromatic carbocycles. The highest BCUT2D eigenvalue weighted by Gasteiger charge is 2.24. The van der Waals surface area contributed by atoms with Gasteiger partial charge in [-0.2, -0.15) is 0 Å². The molecule has 0 aromatic heterocycles. The van der Waals surface area contributed by atoms with Crippen molar-refractivity contribution in [3.63, 3.8) is 0 Å². The lowest BCUT2D eigenvalue weighted by Gasteiger charge is -2.22. The molecule has 0 heterocycles. The molecule has 0 saturated heterocycles. The van der Waals surface area contributed by atoms with Gasteiger partial charge in [-0.3, -0.25) is 9.59 Å². The summed E-state index contributed by atoms with van der Waals surface area (Å²) in [6.07, 6.45) is 0.656. The first-order valence-corrected chi connectivity index (χ1v) is 11.7. The van der Waals surface area contributed by atoms with E-state index in [1.807, 2.05) is 32.0 Å². The Hall–Kier alpha value is -2.23. The highest BCUT2D eigenvalue weighted by molar-refractivity contribution is 9.10. The van der Waals surface area contributed by atoms with Crippen LogP contribution in [0.2, 0.25) is 0 Å². The number of amides is 2. The third kappa shape index (κ3) is 5.68. The van der Waals surface area contributed by atoms with E-state index in [1.54, 1.807) is 12.1 Å². The summed E-state index contributed by atoms with van der Waals surface area (Å²) in [5.74, 6) is -0.719. The second-order valence-corrected chi connectivity index (χ2v) is 10.00. The lowest BCUT2D eigenvalue weighted by atomic mass is 10.2. The molecule has 0 aliphatic rings. The van der Waals surface area contributed by atoms with Crippen molar-refractivity contribution >= 4 is 43.5 Å². The Bertz CT molecular complexity index is 1040. The fraction of sp³-hybridized carbons (Fsp3) is 0.333. The Morgan fingerprint density at radius 2 is 1.77 bits per heavy atom. The van der Waals surface area contributed by atoms with E-state index in [4.69, 9.17) is 0 Å². The third-order valence-electron chi connectivity index (χ3n) is 4.47. The summed E-state index contributed by atoms with van der Waals surface area (Å²) in [6.45, 7) is 4.03. The van der Waals surface area contributed by atoms with Crippen molar-refractivity contribution in [1.82, 2.24) is 9.21 Å². The van der Waals surface area contributed by atoms with Gasteiger partial charge < -0.3 is 10.2 Å². The van der Waals surface area contributed by atoms with Gasteiger partial charge in [-0.15, -0.1) is 0 Å². The van der Waals surface area contributed by atoms with Crippen molar-refractivity contribution in [3.8, 4) is 0 Å². The molecule has 2 amide bonds. The van der Waals surface area contributed by atoms with Crippen LogP contribution in [0.5, 0.6) is 0 Å². The van der Waals surface area contributed by atoms with Crippen LogP contribution in [0.25, 0.3) is 0 Å². The van der Waals surface area contributed by atoms with Crippen LogP contribution in [0.4, 0.5) is 5.69 Å². The highest BCUT2D eigenvalue weighted by atomic mass is 79.9. The number of halogens is 1. The van der Waals surface area contributed by atoms with Crippen molar-refractivity contribution in [2.24, 2.45) is 0 Å². The van der Waals surface area contributed by atoms with Gasteiger partial charge in [0, 0.05) is 36.4 Å². The highest BCUT2D eigenvalue weighted by Crippen LogP contribution is 2.26. The molecule has 7 nitrogen and oxygen atoms in total. The summed E-state index contributed by atoms with van der Waals surface area (Å²) in [6, 6.07) is 11.8. The van der Waals surface area contributed by atoms with E-state index in [1.165, 1.54) is 31.1 Å². The van der Waals surface area contributed by atoms with Crippen molar-refractivity contribution in [3.05, 3.63) is 58.1 Å². The number of anilines is 1. The molecule has 162 valence electrons. The van der Waals surface area contributed by atoms with Crippen LogP contribution >= 0.6 is 15.9 Å². The summed E-state index contributed by atoms with van der Waals surface area (Å²) in [5.41, 5.74) is 1.82. The molecule has 0 radical (unpaired) electrons. The Morgan fingerprint density at radius 3 is 2.37 bits per heavy atom. The zero-order valence-electron chi connectivity index (χ0n) is 17.5. The van der Waals surface area contributed by atoms with Crippen LogP contribution in [-0.4, -0.2) is 56.6 Å². The van der Waals surface area contributed by atoms with Gasteiger partial charge in [-0.1, -0.05) is 25.1 Å². The number of benzene rings is 2. The first-order valence-electron chi connectivity index (χ1n) is 9.44. The van der Waals surface area contributed by atoms with Crippen molar-refractivity contribution in [2.45, 2.75) is 25.2 Å². The largest absolute Gasteiger partial charge is 0.329 e. The summed E-state index contributed by atoms with van der Waals surface area (Å²) < 4.78 is 26.5. The molecule has 0 aliphatic heterocycles.